The summed E-state index contributed by atoms with van der Waals surface area (Å²) in [4.78, 5) is 13.9. The van der Waals surface area contributed by atoms with E-state index in [1.54, 1.807) is 6.07 Å². The van der Waals surface area contributed by atoms with E-state index in [4.69, 9.17) is 5.26 Å². The van der Waals surface area contributed by atoms with E-state index in [-0.39, 0.29) is 16.6 Å². The number of aromatic nitrogens is 1. The van der Waals surface area contributed by atoms with E-state index in [9.17, 15) is 13.6 Å². The fraction of sp³-hybridized carbons (Fsp3) is 0.222. The third-order valence-electron chi connectivity index (χ3n) is 1.73. The molecule has 1 rings (SSSR count). The van der Waals surface area contributed by atoms with Crippen LogP contribution >= 0.6 is 15.9 Å². The number of pyridine rings is 1. The first-order valence-electron chi connectivity index (χ1n) is 3.87. The van der Waals surface area contributed by atoms with Crippen LogP contribution in [0.1, 0.15) is 33.7 Å². The lowest BCUT2D eigenvalue weighted by atomic mass is 10.1. The van der Waals surface area contributed by atoms with Crippen molar-refractivity contribution in [1.82, 2.24) is 4.98 Å². The lowest BCUT2D eigenvalue weighted by Crippen LogP contribution is -2.03. The molecule has 0 aliphatic rings. The summed E-state index contributed by atoms with van der Waals surface area (Å²) in [5.41, 5.74) is -0.576. The molecule has 0 N–H and O–H groups in total. The molecule has 78 valence electrons. The van der Waals surface area contributed by atoms with Gasteiger partial charge in [0.15, 0.2) is 6.29 Å². The van der Waals surface area contributed by atoms with Gasteiger partial charge in [0.2, 0.25) is 0 Å². The number of alkyl halides is 3. The van der Waals surface area contributed by atoms with Crippen LogP contribution in [-0.4, -0.2) is 11.3 Å². The Morgan fingerprint density at radius 2 is 2.33 bits per heavy atom. The zero-order chi connectivity index (χ0) is 11.4. The number of hydrogen-bond acceptors (Lipinski definition) is 3. The fourth-order valence-electron chi connectivity index (χ4n) is 1.10. The predicted molar refractivity (Wildman–Crippen MR) is 51.9 cm³/mol. The topological polar surface area (TPSA) is 53.8 Å². The van der Waals surface area contributed by atoms with Crippen LogP contribution in [0.4, 0.5) is 8.78 Å². The van der Waals surface area contributed by atoms with Crippen molar-refractivity contribution in [2.24, 2.45) is 0 Å². The Morgan fingerprint density at radius 1 is 1.67 bits per heavy atom. The molecule has 3 nitrogen and oxygen atoms in total. The van der Waals surface area contributed by atoms with Gasteiger partial charge in [0, 0.05) is 5.33 Å². The summed E-state index contributed by atoms with van der Waals surface area (Å²) < 4.78 is 25.0. The Hall–Kier alpha value is -1.35. The molecule has 0 aliphatic heterocycles. The van der Waals surface area contributed by atoms with Crippen molar-refractivity contribution < 1.29 is 13.6 Å². The highest BCUT2D eigenvalue weighted by Gasteiger charge is 2.19. The van der Waals surface area contributed by atoms with E-state index in [1.807, 2.05) is 0 Å². The molecule has 0 unspecified atom stereocenters. The molecule has 0 aliphatic carbocycles. The largest absolute Gasteiger partial charge is 0.296 e. The van der Waals surface area contributed by atoms with E-state index >= 15 is 0 Å². The Bertz CT molecular complexity index is 429. The number of aldehydes is 1. The zero-order valence-corrected chi connectivity index (χ0v) is 8.96. The van der Waals surface area contributed by atoms with Crippen molar-refractivity contribution >= 4 is 22.2 Å². The first-order valence-corrected chi connectivity index (χ1v) is 4.99. The first kappa shape index (κ1) is 11.7. The SMILES string of the molecule is N#Cc1c(CBr)cc(C=O)nc1C(F)F. The van der Waals surface area contributed by atoms with E-state index in [2.05, 4.69) is 20.9 Å². The van der Waals surface area contributed by atoms with Crippen molar-refractivity contribution in [1.29, 1.82) is 5.26 Å². The Morgan fingerprint density at radius 3 is 2.73 bits per heavy atom. The summed E-state index contributed by atoms with van der Waals surface area (Å²) in [6.07, 6.45) is -2.49. The second kappa shape index (κ2) is 4.94. The van der Waals surface area contributed by atoms with Crippen LogP contribution in [0.3, 0.4) is 0 Å². The molecule has 0 spiro atoms. The van der Waals surface area contributed by atoms with Gasteiger partial charge in [-0.05, 0) is 11.6 Å². The van der Waals surface area contributed by atoms with Gasteiger partial charge >= 0.3 is 0 Å². The quantitative estimate of drug-likeness (QED) is 0.629. The number of nitriles is 1. The summed E-state index contributed by atoms with van der Waals surface area (Å²) in [5, 5.41) is 8.93. The Labute approximate surface area is 92.9 Å². The van der Waals surface area contributed by atoms with Gasteiger partial charge in [-0.2, -0.15) is 5.26 Å². The summed E-state index contributed by atoms with van der Waals surface area (Å²) in [6.45, 7) is 0. The van der Waals surface area contributed by atoms with Crippen LogP contribution in [0, 0.1) is 11.3 Å². The normalized spacial score (nSPS) is 10.1. The van der Waals surface area contributed by atoms with Crippen LogP contribution in [-0.2, 0) is 5.33 Å². The average Bonchev–Trinajstić information content (AvgIpc) is 2.26. The highest BCUT2D eigenvalue weighted by atomic mass is 79.9. The molecule has 0 fully saturated rings. The minimum Gasteiger partial charge on any atom is -0.296 e. The smallest absolute Gasteiger partial charge is 0.281 e. The first-order chi connectivity index (χ1) is 7.13. The molecule has 1 aromatic heterocycles. The lowest BCUT2D eigenvalue weighted by molar-refractivity contribution is 0.111. The molecular formula is C9H5BrF2N2O. The predicted octanol–water partition coefficient (Wildman–Crippen LogP) is 2.60. The van der Waals surface area contributed by atoms with Gasteiger partial charge in [0.25, 0.3) is 6.43 Å². The third-order valence-corrected chi connectivity index (χ3v) is 2.34. The van der Waals surface area contributed by atoms with Gasteiger partial charge in [-0.15, -0.1) is 0 Å². The van der Waals surface area contributed by atoms with E-state index in [1.165, 1.54) is 6.07 Å². The standard InChI is InChI=1S/C9H5BrF2N2O/c10-2-5-1-6(4-15)14-8(9(11)12)7(5)3-13/h1,4,9H,2H2. The maximum atomic E-state index is 12.5. The van der Waals surface area contributed by atoms with Gasteiger partial charge in [-0.3, -0.25) is 4.79 Å². The van der Waals surface area contributed by atoms with Crippen LogP contribution in [0.25, 0.3) is 0 Å². The maximum Gasteiger partial charge on any atom is 0.281 e. The van der Waals surface area contributed by atoms with Crippen LogP contribution < -0.4 is 0 Å². The van der Waals surface area contributed by atoms with E-state index in [0.29, 0.717) is 11.8 Å². The molecule has 0 atom stereocenters. The lowest BCUT2D eigenvalue weighted by Gasteiger charge is -2.06. The number of carbonyl (C=O) groups is 1. The van der Waals surface area contributed by atoms with Crippen molar-refractivity contribution in [2.75, 3.05) is 0 Å². The van der Waals surface area contributed by atoms with Crippen LogP contribution in [0.2, 0.25) is 0 Å². The van der Waals surface area contributed by atoms with Crippen LogP contribution in [0.15, 0.2) is 6.07 Å². The van der Waals surface area contributed by atoms with Gasteiger partial charge in [-0.1, -0.05) is 15.9 Å². The van der Waals surface area contributed by atoms with Crippen molar-refractivity contribution in [3.63, 3.8) is 0 Å². The molecule has 0 radical (unpaired) electrons. The molecule has 0 aromatic carbocycles. The maximum absolute atomic E-state index is 12.5. The second-order valence-electron chi connectivity index (χ2n) is 2.63. The number of carbonyl (C=O) groups excluding carboxylic acids is 1. The molecule has 0 saturated carbocycles. The van der Waals surface area contributed by atoms with Crippen molar-refractivity contribution in [2.45, 2.75) is 11.8 Å². The monoisotopic (exact) mass is 274 g/mol. The number of rotatable bonds is 3. The van der Waals surface area contributed by atoms with Gasteiger partial charge in [0.1, 0.15) is 17.5 Å². The summed E-state index contributed by atoms with van der Waals surface area (Å²) in [5.74, 6) is 0. The summed E-state index contributed by atoms with van der Waals surface area (Å²) in [7, 11) is 0. The second-order valence-corrected chi connectivity index (χ2v) is 3.19. The molecule has 0 bridgehead atoms. The van der Waals surface area contributed by atoms with E-state index < -0.39 is 12.1 Å². The molecule has 1 aromatic rings. The third kappa shape index (κ3) is 2.36. The minimum atomic E-state index is -2.86. The van der Waals surface area contributed by atoms with Crippen molar-refractivity contribution in [3.8, 4) is 6.07 Å². The minimum absolute atomic E-state index is 0.0984. The fourth-order valence-corrected chi connectivity index (χ4v) is 1.54. The number of nitrogens with zero attached hydrogens (tertiary/aromatic N) is 2. The highest BCUT2D eigenvalue weighted by molar-refractivity contribution is 9.08. The van der Waals surface area contributed by atoms with Gasteiger partial charge in [-0.25, -0.2) is 13.8 Å². The average molecular weight is 275 g/mol. The molecule has 15 heavy (non-hydrogen) atoms. The zero-order valence-electron chi connectivity index (χ0n) is 7.38. The molecule has 0 amide bonds. The Kier molecular flexibility index (Phi) is 3.86. The number of halogens is 3. The van der Waals surface area contributed by atoms with Gasteiger partial charge in [0.05, 0.1) is 5.56 Å². The summed E-state index contributed by atoms with van der Waals surface area (Å²) in [6, 6.07) is 2.97. The molecule has 0 saturated heterocycles. The van der Waals surface area contributed by atoms with Crippen molar-refractivity contribution in [3.05, 3.63) is 28.6 Å². The molecule has 1 heterocycles. The highest BCUT2D eigenvalue weighted by Crippen LogP contribution is 2.24. The Balaban J connectivity index is 3.47. The summed E-state index contributed by atoms with van der Waals surface area (Å²) >= 11 is 3.06. The molecule has 6 heteroatoms. The molecular weight excluding hydrogens is 270 g/mol. The van der Waals surface area contributed by atoms with E-state index in [0.717, 1.165) is 0 Å². The number of hydrogen-bond donors (Lipinski definition) is 0. The van der Waals surface area contributed by atoms with Crippen LogP contribution in [0.5, 0.6) is 0 Å². The van der Waals surface area contributed by atoms with Gasteiger partial charge < -0.3 is 0 Å².